The number of carbonyl (C=O) groups excluding carboxylic acids is 2. The van der Waals surface area contributed by atoms with Crippen LogP contribution in [0, 0.1) is 25.7 Å². The highest BCUT2D eigenvalue weighted by Gasteiger charge is 2.38. The van der Waals surface area contributed by atoms with Crippen LogP contribution in [0.25, 0.3) is 22.3 Å². The van der Waals surface area contributed by atoms with Gasteiger partial charge in [-0.15, -0.1) is 0 Å². The smallest absolute Gasteiger partial charge is 0.389 e. The molecular weight excluding hydrogens is 1020 g/mol. The standard InChI is InChI=1S/C28H36F3N5O2.C27H34F3N5O2.CH2O2/c1-19-3-4-23(32-27(37)36-8-5-20(17-36)16-28(29,30)31)15-24(19)22-13-25(21-6-7-34(2)18-21)33-26(14-22)35-9-11-38-12-10-35;1-18-2-3-22(32-26(36)35-7-5-19(17-35)15-27(28,29)30)14-23(18)21-12-24(20-4-6-31-16-20)33-25(13-21)34-8-10-37-11-9-34;2-1-3/h3-4,13-15,20-21H,5-12,16-18H2,1-2H3,(H,32,37);2-3,12-14,19-20,31H,4-11,15-17H2,1H3,(H,32,36);1H,(H,2,3)/t20-,21?;19-,20?;/m00./s1. The van der Waals surface area contributed by atoms with Gasteiger partial charge < -0.3 is 55.0 Å². The van der Waals surface area contributed by atoms with Crippen molar-refractivity contribution in [3.05, 3.63) is 83.2 Å². The molecule has 10 rings (SSSR count). The van der Waals surface area contributed by atoms with Gasteiger partial charge in [-0.2, -0.15) is 26.3 Å². The van der Waals surface area contributed by atoms with Crippen LogP contribution < -0.4 is 25.8 Å². The first-order chi connectivity index (χ1) is 37.3. The number of alkyl halides is 6. The summed E-state index contributed by atoms with van der Waals surface area (Å²) >= 11 is 0. The molecule has 0 radical (unpaired) electrons. The minimum Gasteiger partial charge on any atom is -0.483 e. The van der Waals surface area contributed by atoms with Crippen LogP contribution in [0.15, 0.2) is 60.7 Å². The number of carboxylic acid groups (broad SMARTS) is 1. The third-order valence-electron chi connectivity index (χ3n) is 15.4. The van der Waals surface area contributed by atoms with E-state index < -0.39 is 37.0 Å². The van der Waals surface area contributed by atoms with Gasteiger partial charge in [0, 0.05) is 113 Å². The number of pyridine rings is 2. The molecule has 2 aromatic carbocycles. The molecule has 0 saturated carbocycles. The zero-order chi connectivity index (χ0) is 55.6. The quantitative estimate of drug-likeness (QED) is 0.0879. The van der Waals surface area contributed by atoms with Crippen molar-refractivity contribution >= 4 is 41.5 Å². The van der Waals surface area contributed by atoms with Crippen LogP contribution >= 0.6 is 0 Å². The molecule has 4 amide bonds. The Morgan fingerprint density at radius 2 is 1.09 bits per heavy atom. The van der Waals surface area contributed by atoms with Crippen LogP contribution in [0.5, 0.6) is 0 Å². The number of likely N-dealkylation sites (tertiary alicyclic amines) is 3. The second kappa shape index (κ2) is 26.2. The number of ether oxygens (including phenoxy) is 2. The molecule has 6 aliphatic heterocycles. The number of nitrogens with one attached hydrogen (secondary N) is 3. The highest BCUT2D eigenvalue weighted by atomic mass is 19.4. The van der Waals surface area contributed by atoms with Gasteiger partial charge in [0.2, 0.25) is 0 Å². The lowest BCUT2D eigenvalue weighted by atomic mass is 9.96. The molecule has 0 spiro atoms. The lowest BCUT2D eigenvalue weighted by Gasteiger charge is -2.29. The van der Waals surface area contributed by atoms with Gasteiger partial charge in [-0.25, -0.2) is 19.6 Å². The number of urea groups is 2. The summed E-state index contributed by atoms with van der Waals surface area (Å²) in [6, 6.07) is 19.3. The first kappa shape index (κ1) is 57.9. The number of hydrogen-bond donors (Lipinski definition) is 4. The summed E-state index contributed by atoms with van der Waals surface area (Å²) in [5.74, 6) is 1.50. The van der Waals surface area contributed by atoms with E-state index in [2.05, 4.69) is 62.0 Å². The molecule has 4 atom stereocenters. The Kier molecular flexibility index (Phi) is 19.4. The van der Waals surface area contributed by atoms with E-state index >= 15 is 0 Å². The molecule has 424 valence electrons. The predicted molar refractivity (Wildman–Crippen MR) is 287 cm³/mol. The topological polar surface area (TPSA) is 168 Å². The maximum Gasteiger partial charge on any atom is 0.389 e. The molecule has 2 unspecified atom stereocenters. The van der Waals surface area contributed by atoms with E-state index in [9.17, 15) is 35.9 Å². The SMILES string of the molecule is Cc1ccc(NC(=O)N2CC[C@@H](CC(F)(F)F)C2)cc1-c1cc(C2CCN(C)C2)nc(N2CCOCC2)c1.Cc1ccc(NC(=O)N2CC[C@@H](CC(F)(F)F)C2)cc1-c1cc(C2CCNC2)nc(N2CCOCC2)c1.O=CO. The zero-order valence-electron chi connectivity index (χ0n) is 44.6. The van der Waals surface area contributed by atoms with E-state index in [1.807, 2.05) is 50.2 Å². The molecule has 0 aliphatic carbocycles. The Morgan fingerprint density at radius 1 is 0.641 bits per heavy atom. The fourth-order valence-corrected chi connectivity index (χ4v) is 11.2. The number of aromatic nitrogens is 2. The molecule has 16 nitrogen and oxygen atoms in total. The van der Waals surface area contributed by atoms with Gasteiger partial charge in [0.05, 0.1) is 26.4 Å². The summed E-state index contributed by atoms with van der Waals surface area (Å²) < 4.78 is 87.7. The number of hydrogen-bond acceptors (Lipinski definition) is 11. The van der Waals surface area contributed by atoms with E-state index in [0.29, 0.717) is 75.6 Å². The Morgan fingerprint density at radius 3 is 1.49 bits per heavy atom. The van der Waals surface area contributed by atoms with Crippen LogP contribution in [-0.4, -0.2) is 173 Å². The number of likely N-dealkylation sites (N-methyl/N-ethyl adjacent to an activating group) is 1. The van der Waals surface area contributed by atoms with Crippen LogP contribution in [-0.2, 0) is 14.3 Å². The van der Waals surface area contributed by atoms with Crippen LogP contribution in [0.4, 0.5) is 58.9 Å². The fourth-order valence-electron chi connectivity index (χ4n) is 11.2. The zero-order valence-corrected chi connectivity index (χ0v) is 44.6. The third-order valence-corrected chi connectivity index (χ3v) is 15.4. The highest BCUT2D eigenvalue weighted by molar-refractivity contribution is 5.92. The molecule has 4 aromatic rings. The van der Waals surface area contributed by atoms with Crippen LogP contribution in [0.3, 0.4) is 0 Å². The molecular formula is C56H72F6N10O6. The Labute approximate surface area is 451 Å². The van der Waals surface area contributed by atoms with E-state index in [4.69, 9.17) is 29.3 Å². The van der Waals surface area contributed by atoms with E-state index in [0.717, 1.165) is 122 Å². The van der Waals surface area contributed by atoms with Crippen molar-refractivity contribution in [1.82, 2.24) is 30.0 Å². The Balaban J connectivity index is 0.000000196. The molecule has 2 aromatic heterocycles. The lowest BCUT2D eigenvalue weighted by Crippen LogP contribution is -2.37. The maximum absolute atomic E-state index is 12.9. The summed E-state index contributed by atoms with van der Waals surface area (Å²) in [7, 11) is 2.13. The number of morpholine rings is 2. The number of nitrogens with zero attached hydrogens (tertiary/aromatic N) is 7. The van der Waals surface area contributed by atoms with E-state index in [1.165, 1.54) is 9.80 Å². The second-order valence-electron chi connectivity index (χ2n) is 21.3. The molecule has 0 bridgehead atoms. The van der Waals surface area contributed by atoms with Crippen molar-refractivity contribution in [2.45, 2.75) is 76.6 Å². The van der Waals surface area contributed by atoms with Crippen LogP contribution in [0.1, 0.15) is 72.9 Å². The van der Waals surface area contributed by atoms with E-state index in [-0.39, 0.29) is 31.6 Å². The molecule has 6 fully saturated rings. The summed E-state index contributed by atoms with van der Waals surface area (Å²) in [5.41, 5.74) is 9.62. The fraction of sp³-hybridized carbons (Fsp3) is 0.554. The molecule has 6 aliphatic rings. The van der Waals surface area contributed by atoms with Crippen molar-refractivity contribution in [1.29, 1.82) is 0 Å². The van der Waals surface area contributed by atoms with Crippen molar-refractivity contribution in [3.63, 3.8) is 0 Å². The number of aryl methyl sites for hydroxylation is 2. The Hall–Kier alpha value is -6.23. The largest absolute Gasteiger partial charge is 0.483 e. The minimum absolute atomic E-state index is 0.121. The van der Waals surface area contributed by atoms with Crippen molar-refractivity contribution in [3.8, 4) is 22.3 Å². The van der Waals surface area contributed by atoms with Gasteiger partial charge in [0.15, 0.2) is 0 Å². The summed E-state index contributed by atoms with van der Waals surface area (Å²) in [6.07, 6.45) is -7.27. The van der Waals surface area contributed by atoms with Gasteiger partial charge in [0.1, 0.15) is 11.6 Å². The summed E-state index contributed by atoms with van der Waals surface area (Å²) in [5, 5.41) is 16.1. The van der Waals surface area contributed by atoms with E-state index in [1.54, 1.807) is 0 Å². The van der Waals surface area contributed by atoms with Crippen LogP contribution in [0.2, 0.25) is 0 Å². The Bertz CT molecular complexity index is 2660. The molecule has 8 heterocycles. The number of benzene rings is 2. The number of halogens is 6. The lowest BCUT2D eigenvalue weighted by molar-refractivity contribution is -0.144. The van der Waals surface area contributed by atoms with Gasteiger partial charge in [0.25, 0.3) is 6.47 Å². The predicted octanol–water partition coefficient (Wildman–Crippen LogP) is 9.60. The number of amides is 4. The maximum atomic E-state index is 12.9. The third kappa shape index (κ3) is 16.0. The monoisotopic (exact) mass is 1090 g/mol. The highest BCUT2D eigenvalue weighted by Crippen LogP contribution is 2.37. The number of anilines is 4. The summed E-state index contributed by atoms with van der Waals surface area (Å²) in [4.78, 5) is 54.0. The molecule has 4 N–H and O–H groups in total. The summed E-state index contributed by atoms with van der Waals surface area (Å²) in [6.45, 7) is 14.5. The van der Waals surface area contributed by atoms with Gasteiger partial charge in [-0.3, -0.25) is 4.79 Å². The second-order valence-corrected chi connectivity index (χ2v) is 21.3. The number of carbonyl (C=O) groups is 3. The average Bonchev–Trinajstić information content (AvgIpc) is 4.29. The van der Waals surface area contributed by atoms with Gasteiger partial charge in [-0.1, -0.05) is 12.1 Å². The van der Waals surface area contributed by atoms with Gasteiger partial charge >= 0.3 is 24.4 Å². The van der Waals surface area contributed by atoms with Gasteiger partial charge in [-0.05, 0) is 153 Å². The number of rotatable bonds is 10. The molecule has 22 heteroatoms. The minimum atomic E-state index is -4.21. The van der Waals surface area contributed by atoms with Crippen molar-refractivity contribution < 1.29 is 55.3 Å². The normalized spacial score (nSPS) is 21.9. The molecule has 6 saturated heterocycles. The first-order valence-corrected chi connectivity index (χ1v) is 26.9. The van der Waals surface area contributed by atoms with Crippen molar-refractivity contribution in [2.75, 3.05) is 132 Å². The van der Waals surface area contributed by atoms with Crippen molar-refractivity contribution in [2.24, 2.45) is 11.8 Å². The average molecular weight is 1100 g/mol. The molecule has 78 heavy (non-hydrogen) atoms. The first-order valence-electron chi connectivity index (χ1n) is 26.9.